The Morgan fingerprint density at radius 1 is 1.24 bits per heavy atom. The van der Waals surface area contributed by atoms with Crippen LogP contribution >= 0.6 is 35.6 Å². The fourth-order valence-corrected chi connectivity index (χ4v) is 3.81. The van der Waals surface area contributed by atoms with Crippen molar-refractivity contribution in [2.45, 2.75) is 6.92 Å². The van der Waals surface area contributed by atoms with Gasteiger partial charge in [0.25, 0.3) is 5.91 Å². The molecule has 2 aromatic rings. The Hall–Kier alpha value is -2.15. The molecule has 1 aliphatic rings. The summed E-state index contributed by atoms with van der Waals surface area (Å²) in [7, 11) is 0. The number of halogens is 1. The van der Waals surface area contributed by atoms with Gasteiger partial charge in [0, 0.05) is 17.6 Å². The maximum absolute atomic E-state index is 12.7. The lowest BCUT2D eigenvalue weighted by atomic mass is 10.2. The van der Waals surface area contributed by atoms with Crippen LogP contribution in [0.25, 0.3) is 6.08 Å². The number of anilines is 2. The highest BCUT2D eigenvalue weighted by molar-refractivity contribution is 8.27. The van der Waals surface area contributed by atoms with E-state index in [4.69, 9.17) is 23.8 Å². The second-order valence-corrected chi connectivity index (χ2v) is 7.41. The molecule has 0 saturated carbocycles. The van der Waals surface area contributed by atoms with Crippen LogP contribution in [0.3, 0.4) is 0 Å². The standard InChI is InChI=1S/C18H13ClN2O2S2/c1-11(22)20-14-7-5-12(6-8-14)9-16-17(23)21(18(24)25-16)15-4-2-3-13(19)10-15/h2-10H,1H3,(H,20,22). The van der Waals surface area contributed by atoms with Gasteiger partial charge in [-0.2, -0.15) is 0 Å². The number of rotatable bonds is 3. The third kappa shape index (κ3) is 4.10. The summed E-state index contributed by atoms with van der Waals surface area (Å²) in [6.07, 6.45) is 1.78. The number of hydrogen-bond acceptors (Lipinski definition) is 4. The zero-order valence-electron chi connectivity index (χ0n) is 13.2. The van der Waals surface area contributed by atoms with E-state index in [9.17, 15) is 9.59 Å². The van der Waals surface area contributed by atoms with Crippen molar-refractivity contribution < 1.29 is 9.59 Å². The van der Waals surface area contributed by atoms with Crippen molar-refractivity contribution in [3.05, 3.63) is 64.0 Å². The molecule has 1 saturated heterocycles. The summed E-state index contributed by atoms with van der Waals surface area (Å²) in [6, 6.07) is 14.2. The van der Waals surface area contributed by atoms with E-state index in [1.807, 2.05) is 12.1 Å². The van der Waals surface area contributed by atoms with Gasteiger partial charge in [0.2, 0.25) is 5.91 Å². The number of amides is 2. The van der Waals surface area contributed by atoms with Crippen molar-refractivity contribution in [1.82, 2.24) is 0 Å². The predicted molar refractivity (Wildman–Crippen MR) is 108 cm³/mol. The molecule has 1 N–H and O–H groups in total. The van der Waals surface area contributed by atoms with Gasteiger partial charge in [0.1, 0.15) is 0 Å². The third-order valence-corrected chi connectivity index (χ3v) is 4.93. The van der Waals surface area contributed by atoms with E-state index in [-0.39, 0.29) is 11.8 Å². The zero-order valence-corrected chi connectivity index (χ0v) is 15.5. The SMILES string of the molecule is CC(=O)Nc1ccc(C=C2SC(=S)N(c3cccc(Cl)c3)C2=O)cc1. The normalized spacial score (nSPS) is 15.8. The van der Waals surface area contributed by atoms with Gasteiger partial charge >= 0.3 is 0 Å². The molecule has 0 bridgehead atoms. The van der Waals surface area contributed by atoms with E-state index in [0.29, 0.717) is 25.6 Å². The van der Waals surface area contributed by atoms with Crippen molar-refractivity contribution in [3.8, 4) is 0 Å². The molecule has 2 aromatic carbocycles. The zero-order chi connectivity index (χ0) is 18.0. The molecule has 126 valence electrons. The second kappa shape index (κ2) is 7.39. The van der Waals surface area contributed by atoms with Crippen LogP contribution in [0.1, 0.15) is 12.5 Å². The number of thiocarbonyl (C=S) groups is 1. The molecule has 0 aromatic heterocycles. The number of nitrogens with one attached hydrogen (secondary N) is 1. The summed E-state index contributed by atoms with van der Waals surface area (Å²) in [5.41, 5.74) is 2.20. The van der Waals surface area contributed by atoms with Crippen LogP contribution < -0.4 is 10.2 Å². The maximum Gasteiger partial charge on any atom is 0.270 e. The highest BCUT2D eigenvalue weighted by atomic mass is 35.5. The van der Waals surface area contributed by atoms with Crippen LogP contribution in [-0.4, -0.2) is 16.1 Å². The van der Waals surface area contributed by atoms with Gasteiger partial charge in [-0.25, -0.2) is 0 Å². The minimum Gasteiger partial charge on any atom is -0.326 e. The maximum atomic E-state index is 12.7. The Morgan fingerprint density at radius 3 is 2.60 bits per heavy atom. The highest BCUT2D eigenvalue weighted by Gasteiger charge is 2.33. The fraction of sp³-hybridized carbons (Fsp3) is 0.0556. The van der Waals surface area contributed by atoms with Gasteiger partial charge in [-0.3, -0.25) is 14.5 Å². The van der Waals surface area contributed by atoms with Crippen LogP contribution in [0.15, 0.2) is 53.4 Å². The first kappa shape index (κ1) is 17.7. The summed E-state index contributed by atoms with van der Waals surface area (Å²) in [6.45, 7) is 1.45. The van der Waals surface area contributed by atoms with Gasteiger partial charge in [0.05, 0.1) is 10.6 Å². The van der Waals surface area contributed by atoms with Gasteiger partial charge < -0.3 is 5.32 Å². The lowest BCUT2D eigenvalue weighted by Gasteiger charge is -2.14. The summed E-state index contributed by atoms with van der Waals surface area (Å²) in [5, 5.41) is 3.25. The first-order valence-corrected chi connectivity index (χ1v) is 8.95. The molecule has 1 heterocycles. The first-order chi connectivity index (χ1) is 11.9. The van der Waals surface area contributed by atoms with Crippen molar-refractivity contribution in [3.63, 3.8) is 0 Å². The van der Waals surface area contributed by atoms with Crippen molar-refractivity contribution in [2.75, 3.05) is 10.2 Å². The van der Waals surface area contributed by atoms with Crippen molar-refractivity contribution in [1.29, 1.82) is 0 Å². The Kier molecular flexibility index (Phi) is 5.22. The topological polar surface area (TPSA) is 49.4 Å². The summed E-state index contributed by atoms with van der Waals surface area (Å²) >= 11 is 12.6. The van der Waals surface area contributed by atoms with E-state index in [1.165, 1.54) is 23.6 Å². The van der Waals surface area contributed by atoms with Crippen LogP contribution in [0, 0.1) is 0 Å². The molecule has 0 spiro atoms. The number of carbonyl (C=O) groups is 2. The Bertz CT molecular complexity index is 894. The number of benzene rings is 2. The smallest absolute Gasteiger partial charge is 0.270 e. The molecule has 1 fully saturated rings. The molecule has 3 rings (SSSR count). The van der Waals surface area contributed by atoms with Crippen molar-refractivity contribution in [2.24, 2.45) is 0 Å². The predicted octanol–water partition coefficient (Wildman–Crippen LogP) is 4.70. The van der Waals surface area contributed by atoms with Gasteiger partial charge in [0.15, 0.2) is 4.32 Å². The minimum absolute atomic E-state index is 0.129. The molecular formula is C18H13ClN2O2S2. The average molecular weight is 389 g/mol. The fourth-order valence-electron chi connectivity index (χ4n) is 2.32. The molecule has 7 heteroatoms. The number of thioether (sulfide) groups is 1. The third-order valence-electron chi connectivity index (χ3n) is 3.39. The lowest BCUT2D eigenvalue weighted by Crippen LogP contribution is -2.27. The molecule has 4 nitrogen and oxygen atoms in total. The average Bonchev–Trinajstić information content (AvgIpc) is 2.83. The number of hydrogen-bond donors (Lipinski definition) is 1. The molecule has 0 aliphatic carbocycles. The van der Waals surface area contributed by atoms with E-state index in [2.05, 4.69) is 5.32 Å². The second-order valence-electron chi connectivity index (χ2n) is 5.30. The highest BCUT2D eigenvalue weighted by Crippen LogP contribution is 2.36. The quantitative estimate of drug-likeness (QED) is 0.611. The van der Waals surface area contributed by atoms with E-state index in [0.717, 1.165) is 5.56 Å². The molecule has 0 atom stereocenters. The Labute approximate surface area is 159 Å². The van der Waals surface area contributed by atoms with Gasteiger partial charge in [-0.05, 0) is 42.0 Å². The van der Waals surface area contributed by atoms with Crippen LogP contribution in [0.2, 0.25) is 5.02 Å². The van der Waals surface area contributed by atoms with Crippen molar-refractivity contribution >= 4 is 69.2 Å². The van der Waals surface area contributed by atoms with Crippen LogP contribution in [-0.2, 0) is 9.59 Å². The van der Waals surface area contributed by atoms with Crippen LogP contribution in [0.5, 0.6) is 0 Å². The molecule has 25 heavy (non-hydrogen) atoms. The molecule has 0 unspecified atom stereocenters. The largest absolute Gasteiger partial charge is 0.326 e. The summed E-state index contributed by atoms with van der Waals surface area (Å²) in [5.74, 6) is -0.307. The van der Waals surface area contributed by atoms with E-state index >= 15 is 0 Å². The Balaban J connectivity index is 1.84. The van der Waals surface area contributed by atoms with E-state index in [1.54, 1.807) is 42.5 Å². The monoisotopic (exact) mass is 388 g/mol. The molecule has 0 radical (unpaired) electrons. The lowest BCUT2D eigenvalue weighted by molar-refractivity contribution is -0.114. The van der Waals surface area contributed by atoms with Gasteiger partial charge in [-0.1, -0.05) is 53.8 Å². The summed E-state index contributed by atoms with van der Waals surface area (Å²) < 4.78 is 0.466. The van der Waals surface area contributed by atoms with E-state index < -0.39 is 0 Å². The molecule has 2 amide bonds. The minimum atomic E-state index is -0.178. The number of nitrogens with zero attached hydrogens (tertiary/aromatic N) is 1. The Morgan fingerprint density at radius 2 is 1.96 bits per heavy atom. The summed E-state index contributed by atoms with van der Waals surface area (Å²) in [4.78, 5) is 25.8. The molecule has 1 aliphatic heterocycles. The number of carbonyl (C=O) groups excluding carboxylic acids is 2. The first-order valence-electron chi connectivity index (χ1n) is 7.35. The van der Waals surface area contributed by atoms with Gasteiger partial charge in [-0.15, -0.1) is 0 Å². The van der Waals surface area contributed by atoms with Crippen LogP contribution in [0.4, 0.5) is 11.4 Å². The molecular weight excluding hydrogens is 376 g/mol.